The zero-order valence-corrected chi connectivity index (χ0v) is 8.67. The Hall–Kier alpha value is -2.24. The van der Waals surface area contributed by atoms with Crippen LogP contribution < -0.4 is 0 Å². The molecule has 0 atom stereocenters. The molecular weight excluding hydrogens is 204 g/mol. The van der Waals surface area contributed by atoms with Crippen molar-refractivity contribution in [2.24, 2.45) is 9.98 Å². The highest BCUT2D eigenvalue weighted by molar-refractivity contribution is 5.77. The third-order valence-corrected chi connectivity index (χ3v) is 1.86. The van der Waals surface area contributed by atoms with Gasteiger partial charge in [-0.15, -0.1) is 0 Å². The van der Waals surface area contributed by atoms with Gasteiger partial charge in [0.25, 0.3) is 0 Å². The number of H-pyrrole nitrogens is 2. The highest BCUT2D eigenvalue weighted by Gasteiger charge is 1.86. The van der Waals surface area contributed by atoms with Crippen LogP contribution in [0.25, 0.3) is 0 Å². The normalized spacial score (nSPS) is 11.8. The number of rotatable bonds is 5. The van der Waals surface area contributed by atoms with E-state index in [1.54, 1.807) is 24.8 Å². The molecule has 0 aliphatic carbocycles. The van der Waals surface area contributed by atoms with E-state index in [4.69, 9.17) is 0 Å². The van der Waals surface area contributed by atoms with Crippen molar-refractivity contribution in [1.29, 1.82) is 0 Å². The maximum absolute atomic E-state index is 4.20. The van der Waals surface area contributed by atoms with Crippen LogP contribution >= 0.6 is 0 Å². The topological polar surface area (TPSA) is 82.1 Å². The van der Waals surface area contributed by atoms with Gasteiger partial charge in [-0.05, 0) is 12.1 Å². The highest BCUT2D eigenvalue weighted by atomic mass is 15.1. The molecule has 0 aromatic carbocycles. The molecule has 0 bridgehead atoms. The Morgan fingerprint density at radius 1 is 0.938 bits per heavy atom. The van der Waals surface area contributed by atoms with E-state index in [9.17, 15) is 0 Å². The predicted molar refractivity (Wildman–Crippen MR) is 62.1 cm³/mol. The number of nitrogens with zero attached hydrogens (tertiary/aromatic N) is 4. The molecule has 0 spiro atoms. The van der Waals surface area contributed by atoms with E-state index in [1.165, 1.54) is 0 Å². The molecule has 2 N–H and O–H groups in total. The lowest BCUT2D eigenvalue weighted by atomic mass is 10.5. The lowest BCUT2D eigenvalue weighted by Crippen LogP contribution is -1.90. The maximum atomic E-state index is 4.20. The minimum atomic E-state index is 0.656. The standard InChI is InChI=1S/C10H12N6/c1-3-13-15-9(1)7-11-5-6-12-8-10-2-4-14-16-10/h1-4,7-8H,5-6H2,(H,13,15)(H,14,16). The van der Waals surface area contributed by atoms with E-state index in [0.29, 0.717) is 13.1 Å². The Labute approximate surface area is 92.5 Å². The smallest absolute Gasteiger partial charge is 0.0756 e. The van der Waals surface area contributed by atoms with Gasteiger partial charge in [-0.2, -0.15) is 10.2 Å². The SMILES string of the molecule is C(=NCCN=Cc1ccn[nH]1)c1ccn[nH]1. The molecule has 0 saturated carbocycles. The molecule has 0 fully saturated rings. The van der Waals surface area contributed by atoms with Crippen molar-refractivity contribution >= 4 is 12.4 Å². The maximum Gasteiger partial charge on any atom is 0.0756 e. The Kier molecular flexibility index (Phi) is 3.60. The van der Waals surface area contributed by atoms with Gasteiger partial charge in [0.05, 0.1) is 24.5 Å². The molecule has 0 aliphatic heterocycles. The molecule has 0 saturated heterocycles. The summed E-state index contributed by atoms with van der Waals surface area (Å²) in [5, 5.41) is 13.2. The van der Waals surface area contributed by atoms with Gasteiger partial charge in [-0.25, -0.2) is 0 Å². The third-order valence-electron chi connectivity index (χ3n) is 1.86. The molecule has 0 amide bonds. The molecule has 2 rings (SSSR count). The largest absolute Gasteiger partial charge is 0.289 e. The van der Waals surface area contributed by atoms with Crippen molar-refractivity contribution in [1.82, 2.24) is 20.4 Å². The first-order chi connectivity index (χ1) is 7.95. The summed E-state index contributed by atoms with van der Waals surface area (Å²) in [6.07, 6.45) is 6.88. The molecule has 82 valence electrons. The van der Waals surface area contributed by atoms with Crippen LogP contribution in [0.15, 0.2) is 34.5 Å². The van der Waals surface area contributed by atoms with Crippen LogP contribution in [0, 0.1) is 0 Å². The lowest BCUT2D eigenvalue weighted by Gasteiger charge is -1.88. The average molecular weight is 216 g/mol. The Balaban J connectivity index is 1.69. The van der Waals surface area contributed by atoms with Crippen molar-refractivity contribution in [3.05, 3.63) is 35.9 Å². The zero-order chi connectivity index (χ0) is 11.1. The molecule has 2 aromatic heterocycles. The first-order valence-electron chi connectivity index (χ1n) is 4.93. The average Bonchev–Trinajstić information content (AvgIpc) is 2.96. The van der Waals surface area contributed by atoms with Gasteiger partial charge in [0.2, 0.25) is 0 Å². The summed E-state index contributed by atoms with van der Waals surface area (Å²) in [5.41, 5.74) is 1.80. The molecule has 2 aromatic rings. The molecule has 6 heteroatoms. The second-order valence-corrected chi connectivity index (χ2v) is 3.09. The van der Waals surface area contributed by atoms with Gasteiger partial charge in [0.15, 0.2) is 0 Å². The zero-order valence-electron chi connectivity index (χ0n) is 8.67. The fraction of sp³-hybridized carbons (Fsp3) is 0.200. The Morgan fingerprint density at radius 2 is 1.44 bits per heavy atom. The number of nitrogens with one attached hydrogen (secondary N) is 2. The van der Waals surface area contributed by atoms with Crippen LogP contribution in [0.1, 0.15) is 11.4 Å². The van der Waals surface area contributed by atoms with Crippen molar-refractivity contribution in [3.63, 3.8) is 0 Å². The van der Waals surface area contributed by atoms with Gasteiger partial charge in [-0.3, -0.25) is 20.2 Å². The molecule has 0 aliphatic rings. The van der Waals surface area contributed by atoms with Crippen LogP contribution in [-0.2, 0) is 0 Å². The van der Waals surface area contributed by atoms with Gasteiger partial charge < -0.3 is 0 Å². The molecule has 2 heterocycles. The monoisotopic (exact) mass is 216 g/mol. The number of aliphatic imine (C=N–C) groups is 2. The van der Waals surface area contributed by atoms with Crippen molar-refractivity contribution in [2.75, 3.05) is 13.1 Å². The quantitative estimate of drug-likeness (QED) is 0.569. The lowest BCUT2D eigenvalue weighted by molar-refractivity contribution is 0.979. The van der Waals surface area contributed by atoms with E-state index in [-0.39, 0.29) is 0 Å². The second-order valence-electron chi connectivity index (χ2n) is 3.09. The summed E-state index contributed by atoms with van der Waals surface area (Å²) < 4.78 is 0. The Bertz CT molecular complexity index is 395. The van der Waals surface area contributed by atoms with Crippen LogP contribution in [-0.4, -0.2) is 45.9 Å². The summed E-state index contributed by atoms with van der Waals surface area (Å²) in [4.78, 5) is 8.39. The van der Waals surface area contributed by atoms with Gasteiger partial charge in [0.1, 0.15) is 0 Å². The second kappa shape index (κ2) is 5.59. The molecule has 16 heavy (non-hydrogen) atoms. The minimum absolute atomic E-state index is 0.656. The summed E-state index contributed by atoms with van der Waals surface area (Å²) in [6, 6.07) is 3.72. The fourth-order valence-corrected chi connectivity index (χ4v) is 1.12. The molecular formula is C10H12N6. The third kappa shape index (κ3) is 3.16. The molecule has 0 unspecified atom stereocenters. The van der Waals surface area contributed by atoms with Crippen LogP contribution in [0.2, 0.25) is 0 Å². The van der Waals surface area contributed by atoms with E-state index in [2.05, 4.69) is 30.4 Å². The number of hydrogen-bond acceptors (Lipinski definition) is 4. The summed E-state index contributed by atoms with van der Waals surface area (Å²) in [6.45, 7) is 1.31. The number of aromatic nitrogens is 4. The minimum Gasteiger partial charge on any atom is -0.289 e. The number of hydrogen-bond donors (Lipinski definition) is 2. The summed E-state index contributed by atoms with van der Waals surface area (Å²) in [5.74, 6) is 0. The van der Waals surface area contributed by atoms with E-state index in [0.717, 1.165) is 11.4 Å². The predicted octanol–water partition coefficient (Wildman–Crippen LogP) is 0.671. The molecule has 6 nitrogen and oxygen atoms in total. The van der Waals surface area contributed by atoms with Gasteiger partial charge in [0, 0.05) is 24.8 Å². The van der Waals surface area contributed by atoms with Crippen molar-refractivity contribution < 1.29 is 0 Å². The van der Waals surface area contributed by atoms with Crippen molar-refractivity contribution in [2.45, 2.75) is 0 Å². The molecule has 0 radical (unpaired) electrons. The number of aromatic amines is 2. The van der Waals surface area contributed by atoms with Gasteiger partial charge >= 0.3 is 0 Å². The van der Waals surface area contributed by atoms with Crippen LogP contribution in [0.4, 0.5) is 0 Å². The van der Waals surface area contributed by atoms with E-state index < -0.39 is 0 Å². The van der Waals surface area contributed by atoms with Crippen molar-refractivity contribution in [3.8, 4) is 0 Å². The van der Waals surface area contributed by atoms with Crippen LogP contribution in [0.3, 0.4) is 0 Å². The summed E-state index contributed by atoms with van der Waals surface area (Å²) in [7, 11) is 0. The van der Waals surface area contributed by atoms with Gasteiger partial charge in [-0.1, -0.05) is 0 Å². The summed E-state index contributed by atoms with van der Waals surface area (Å²) >= 11 is 0. The first-order valence-corrected chi connectivity index (χ1v) is 4.93. The van der Waals surface area contributed by atoms with E-state index >= 15 is 0 Å². The van der Waals surface area contributed by atoms with E-state index in [1.807, 2.05) is 12.1 Å². The fourth-order valence-electron chi connectivity index (χ4n) is 1.12. The first kappa shape index (κ1) is 10.3. The van der Waals surface area contributed by atoms with Crippen LogP contribution in [0.5, 0.6) is 0 Å². The Morgan fingerprint density at radius 3 is 1.81 bits per heavy atom. The highest BCUT2D eigenvalue weighted by Crippen LogP contribution is 1.87.